The van der Waals surface area contributed by atoms with E-state index in [9.17, 15) is 4.79 Å². The summed E-state index contributed by atoms with van der Waals surface area (Å²) in [7, 11) is 0. The first kappa shape index (κ1) is 15.3. The van der Waals surface area contributed by atoms with E-state index in [0.717, 1.165) is 12.1 Å². The standard InChI is InChI=1S/C18H22N2O/c1-12-4-9-17(13(2)10-12)14(3)20-11-15-5-7-16(8-6-15)18(19)21/h4-10,14,20H,11H2,1-3H3,(H2,19,21). The molecule has 1 amide bonds. The van der Waals surface area contributed by atoms with Crippen LogP contribution in [-0.2, 0) is 6.54 Å². The number of hydrogen-bond donors (Lipinski definition) is 2. The number of amides is 1. The van der Waals surface area contributed by atoms with Crippen LogP contribution in [0.15, 0.2) is 42.5 Å². The van der Waals surface area contributed by atoms with Gasteiger partial charge in [0, 0.05) is 18.2 Å². The fourth-order valence-corrected chi connectivity index (χ4v) is 2.48. The van der Waals surface area contributed by atoms with Gasteiger partial charge >= 0.3 is 0 Å². The van der Waals surface area contributed by atoms with Crippen LogP contribution >= 0.6 is 0 Å². The molecule has 3 N–H and O–H groups in total. The summed E-state index contributed by atoms with van der Waals surface area (Å²) in [5, 5.41) is 3.51. The van der Waals surface area contributed by atoms with Crippen LogP contribution in [-0.4, -0.2) is 5.91 Å². The van der Waals surface area contributed by atoms with Crippen molar-refractivity contribution < 1.29 is 4.79 Å². The molecule has 0 fully saturated rings. The molecule has 1 atom stereocenters. The second-order valence-electron chi connectivity index (χ2n) is 5.52. The van der Waals surface area contributed by atoms with Crippen molar-refractivity contribution in [2.24, 2.45) is 5.73 Å². The van der Waals surface area contributed by atoms with Crippen LogP contribution in [0.1, 0.15) is 45.6 Å². The van der Waals surface area contributed by atoms with Crippen molar-refractivity contribution in [3.8, 4) is 0 Å². The zero-order valence-electron chi connectivity index (χ0n) is 12.8. The van der Waals surface area contributed by atoms with Gasteiger partial charge < -0.3 is 11.1 Å². The van der Waals surface area contributed by atoms with Gasteiger partial charge in [-0.25, -0.2) is 0 Å². The molecule has 3 nitrogen and oxygen atoms in total. The lowest BCUT2D eigenvalue weighted by Gasteiger charge is -2.17. The van der Waals surface area contributed by atoms with Crippen molar-refractivity contribution in [1.82, 2.24) is 5.32 Å². The monoisotopic (exact) mass is 282 g/mol. The van der Waals surface area contributed by atoms with Crippen LogP contribution < -0.4 is 11.1 Å². The van der Waals surface area contributed by atoms with E-state index in [4.69, 9.17) is 5.73 Å². The maximum Gasteiger partial charge on any atom is 0.248 e. The Morgan fingerprint density at radius 1 is 1.14 bits per heavy atom. The Labute approximate surface area is 126 Å². The number of benzene rings is 2. The molecule has 110 valence electrons. The van der Waals surface area contributed by atoms with Crippen LogP contribution in [0.2, 0.25) is 0 Å². The molecule has 0 bridgehead atoms. The topological polar surface area (TPSA) is 55.1 Å². The molecule has 0 radical (unpaired) electrons. The highest BCUT2D eigenvalue weighted by Crippen LogP contribution is 2.19. The molecule has 0 aliphatic rings. The minimum Gasteiger partial charge on any atom is -0.366 e. The van der Waals surface area contributed by atoms with E-state index in [1.54, 1.807) is 12.1 Å². The van der Waals surface area contributed by atoms with Crippen molar-refractivity contribution >= 4 is 5.91 Å². The normalized spacial score (nSPS) is 12.1. The zero-order valence-corrected chi connectivity index (χ0v) is 12.8. The van der Waals surface area contributed by atoms with E-state index >= 15 is 0 Å². The highest BCUT2D eigenvalue weighted by molar-refractivity contribution is 5.92. The first-order chi connectivity index (χ1) is 9.97. The smallest absolute Gasteiger partial charge is 0.248 e. The maximum atomic E-state index is 11.0. The van der Waals surface area contributed by atoms with Gasteiger partial charge in [-0.3, -0.25) is 4.79 Å². The average molecular weight is 282 g/mol. The molecule has 1 unspecified atom stereocenters. The molecule has 0 heterocycles. The largest absolute Gasteiger partial charge is 0.366 e. The Hall–Kier alpha value is -2.13. The molecule has 0 saturated carbocycles. The second kappa shape index (κ2) is 6.55. The Balaban J connectivity index is 2.00. The number of nitrogens with two attached hydrogens (primary N) is 1. The minimum absolute atomic E-state index is 0.279. The summed E-state index contributed by atoms with van der Waals surface area (Å²) in [5.41, 5.74) is 10.8. The molecule has 2 aromatic rings. The highest BCUT2D eigenvalue weighted by atomic mass is 16.1. The molecule has 0 aromatic heterocycles. The van der Waals surface area contributed by atoms with Crippen molar-refractivity contribution in [3.05, 3.63) is 70.3 Å². The molecule has 2 aromatic carbocycles. The van der Waals surface area contributed by atoms with Gasteiger partial charge in [0.25, 0.3) is 0 Å². The number of hydrogen-bond acceptors (Lipinski definition) is 2. The SMILES string of the molecule is Cc1ccc(C(C)NCc2ccc(C(N)=O)cc2)c(C)c1. The highest BCUT2D eigenvalue weighted by Gasteiger charge is 2.08. The molecule has 2 rings (SSSR count). The molecule has 0 saturated heterocycles. The maximum absolute atomic E-state index is 11.0. The van der Waals surface area contributed by atoms with Crippen LogP contribution in [0, 0.1) is 13.8 Å². The number of nitrogens with one attached hydrogen (secondary N) is 1. The van der Waals surface area contributed by atoms with Crippen LogP contribution in [0.3, 0.4) is 0 Å². The van der Waals surface area contributed by atoms with Crippen molar-refractivity contribution in [1.29, 1.82) is 0 Å². The number of carbonyl (C=O) groups is 1. The van der Waals surface area contributed by atoms with Gasteiger partial charge in [0.05, 0.1) is 0 Å². The van der Waals surface area contributed by atoms with Crippen LogP contribution in [0.5, 0.6) is 0 Å². The van der Waals surface area contributed by atoms with E-state index in [1.807, 2.05) is 12.1 Å². The third-order valence-corrected chi connectivity index (χ3v) is 3.74. The quantitative estimate of drug-likeness (QED) is 0.884. The molecule has 3 heteroatoms. The van der Waals surface area contributed by atoms with Gasteiger partial charge in [0.1, 0.15) is 0 Å². The first-order valence-corrected chi connectivity index (χ1v) is 7.16. The Bertz CT molecular complexity index is 632. The van der Waals surface area contributed by atoms with E-state index in [-0.39, 0.29) is 6.04 Å². The van der Waals surface area contributed by atoms with Gasteiger partial charge in [-0.15, -0.1) is 0 Å². The molecule has 0 aliphatic carbocycles. The van der Waals surface area contributed by atoms with Crippen molar-refractivity contribution in [2.75, 3.05) is 0 Å². The minimum atomic E-state index is -0.391. The Morgan fingerprint density at radius 3 is 2.38 bits per heavy atom. The summed E-state index contributed by atoms with van der Waals surface area (Å²) in [6.07, 6.45) is 0. The second-order valence-corrected chi connectivity index (χ2v) is 5.52. The van der Waals surface area contributed by atoms with E-state index in [2.05, 4.69) is 44.3 Å². The number of carbonyl (C=O) groups excluding carboxylic acids is 1. The summed E-state index contributed by atoms with van der Waals surface area (Å²) < 4.78 is 0. The lowest BCUT2D eigenvalue weighted by atomic mass is 10.00. The molecule has 0 aliphatic heterocycles. The Morgan fingerprint density at radius 2 is 1.81 bits per heavy atom. The molecular formula is C18H22N2O. The third kappa shape index (κ3) is 3.92. The predicted octanol–water partition coefficient (Wildman–Crippen LogP) is 3.25. The van der Waals surface area contributed by atoms with Crippen LogP contribution in [0.25, 0.3) is 0 Å². The van der Waals surface area contributed by atoms with Crippen molar-refractivity contribution in [3.63, 3.8) is 0 Å². The van der Waals surface area contributed by atoms with E-state index < -0.39 is 5.91 Å². The number of primary amides is 1. The van der Waals surface area contributed by atoms with Gasteiger partial charge in [-0.2, -0.15) is 0 Å². The first-order valence-electron chi connectivity index (χ1n) is 7.16. The zero-order chi connectivity index (χ0) is 15.4. The summed E-state index contributed by atoms with van der Waals surface area (Å²) in [5.74, 6) is -0.391. The van der Waals surface area contributed by atoms with E-state index in [1.165, 1.54) is 16.7 Å². The third-order valence-electron chi connectivity index (χ3n) is 3.74. The fourth-order valence-electron chi connectivity index (χ4n) is 2.48. The van der Waals surface area contributed by atoms with Gasteiger partial charge in [-0.1, -0.05) is 35.9 Å². The predicted molar refractivity (Wildman–Crippen MR) is 86.1 cm³/mol. The van der Waals surface area contributed by atoms with Crippen LogP contribution in [0.4, 0.5) is 0 Å². The average Bonchev–Trinajstić information content (AvgIpc) is 2.45. The number of rotatable bonds is 5. The summed E-state index contributed by atoms with van der Waals surface area (Å²) in [4.78, 5) is 11.0. The molecule has 21 heavy (non-hydrogen) atoms. The fraction of sp³-hybridized carbons (Fsp3) is 0.278. The summed E-state index contributed by atoms with van der Waals surface area (Å²) in [6, 6.07) is 14.2. The molecular weight excluding hydrogens is 260 g/mol. The van der Waals surface area contributed by atoms with E-state index in [0.29, 0.717) is 5.56 Å². The van der Waals surface area contributed by atoms with Gasteiger partial charge in [0.15, 0.2) is 0 Å². The summed E-state index contributed by atoms with van der Waals surface area (Å²) in [6.45, 7) is 7.17. The lowest BCUT2D eigenvalue weighted by Crippen LogP contribution is -2.19. The van der Waals surface area contributed by atoms with Gasteiger partial charge in [0.2, 0.25) is 5.91 Å². The lowest BCUT2D eigenvalue weighted by molar-refractivity contribution is 0.100. The summed E-state index contributed by atoms with van der Waals surface area (Å²) >= 11 is 0. The Kier molecular flexibility index (Phi) is 4.76. The van der Waals surface area contributed by atoms with Gasteiger partial charge in [-0.05, 0) is 49.6 Å². The molecule has 0 spiro atoms. The number of aryl methyl sites for hydroxylation is 2. The van der Waals surface area contributed by atoms with Crippen molar-refractivity contribution in [2.45, 2.75) is 33.4 Å².